The minimum atomic E-state index is -3.46. The molecule has 0 aromatic rings. The van der Waals surface area contributed by atoms with Gasteiger partial charge in [-0.1, -0.05) is 25.3 Å². The van der Waals surface area contributed by atoms with Crippen molar-refractivity contribution < 1.29 is 12.3 Å². The minimum Gasteiger partial charge on any atom is -0.312 e. The Hall–Kier alpha value is 0.0838. The Morgan fingerprint density at radius 3 is 1.71 bits per heavy atom. The zero-order valence-corrected chi connectivity index (χ0v) is 12.6. The van der Waals surface area contributed by atoms with Gasteiger partial charge in [-0.25, -0.2) is 0 Å². The molecule has 0 bridgehead atoms. The summed E-state index contributed by atoms with van der Waals surface area (Å²) in [7, 11) is -6.94. The van der Waals surface area contributed by atoms with Gasteiger partial charge in [0.05, 0.1) is 8.07 Å². The molecule has 0 aliphatic heterocycles. The Morgan fingerprint density at radius 1 is 1.00 bits per heavy atom. The van der Waals surface area contributed by atoms with Crippen molar-refractivity contribution in [3.05, 3.63) is 11.1 Å². The Bertz CT molecular complexity index is 306. The van der Waals surface area contributed by atoms with Gasteiger partial charge in [-0.3, -0.25) is 0 Å². The summed E-state index contributed by atoms with van der Waals surface area (Å²) in [5, 5.41) is 1.22. The van der Waals surface area contributed by atoms with Gasteiger partial charge in [0.25, 0.3) is 10.1 Å². The molecule has 0 spiro atoms. The minimum absolute atomic E-state index is 1.22. The van der Waals surface area contributed by atoms with Crippen molar-refractivity contribution in [2.45, 2.75) is 39.3 Å². The monoisotopic (exact) mass is 252 g/mol. The quantitative estimate of drug-likeness (QED) is 0.722. The van der Waals surface area contributed by atoms with Crippen molar-refractivity contribution in [1.82, 2.24) is 0 Å². The topological polar surface area (TPSA) is 43.4 Å². The molecule has 84 valence electrons. The van der Waals surface area contributed by atoms with Crippen LogP contribution < -0.4 is 0 Å². The van der Waals surface area contributed by atoms with Crippen LogP contribution in [0.3, 0.4) is 0 Å². The van der Waals surface area contributed by atoms with Crippen LogP contribution in [0, 0.1) is 0 Å². The maximum absolute atomic E-state index is 11.4. The largest absolute Gasteiger partial charge is 0.312 e. The first-order valence-corrected chi connectivity index (χ1v) is 13.0. The molecule has 0 fully saturated rings. The van der Waals surface area contributed by atoms with Crippen LogP contribution in [0.1, 0.15) is 0 Å². The van der Waals surface area contributed by atoms with E-state index in [1.807, 2.05) is 19.6 Å². The lowest BCUT2D eigenvalue weighted by Crippen LogP contribution is -2.28. The molecular weight excluding hydrogens is 232 g/mol. The van der Waals surface area contributed by atoms with Gasteiger partial charge in [-0.2, -0.15) is 8.42 Å². The van der Waals surface area contributed by atoms with Crippen molar-refractivity contribution in [2.75, 3.05) is 0 Å². The molecule has 0 rings (SSSR count). The molecule has 0 aliphatic rings. The zero-order chi connectivity index (χ0) is 11.6. The fraction of sp³-hybridized carbons (Fsp3) is 0.750. The fourth-order valence-corrected chi connectivity index (χ4v) is 5.97. The van der Waals surface area contributed by atoms with E-state index in [1.54, 1.807) is 5.70 Å². The van der Waals surface area contributed by atoms with Crippen molar-refractivity contribution in [3.63, 3.8) is 0 Å². The maximum atomic E-state index is 11.4. The molecule has 3 nitrogen and oxygen atoms in total. The Balaban J connectivity index is 4.61. The van der Waals surface area contributed by atoms with E-state index in [9.17, 15) is 8.42 Å². The average molecular weight is 252 g/mol. The Labute approximate surface area is 89.4 Å². The second-order valence-electron chi connectivity index (χ2n) is 5.36. The van der Waals surface area contributed by atoms with Gasteiger partial charge in [-0.15, -0.1) is 0 Å². The van der Waals surface area contributed by atoms with E-state index in [1.165, 1.54) is 5.41 Å². The van der Waals surface area contributed by atoms with E-state index < -0.39 is 26.5 Å². The lowest BCUT2D eigenvalue weighted by atomic mass is 11.2. The molecule has 0 unspecified atom stereocenters. The molecule has 6 heteroatoms. The van der Waals surface area contributed by atoms with E-state index in [0.29, 0.717) is 0 Å². The lowest BCUT2D eigenvalue weighted by Gasteiger charge is -2.15. The summed E-state index contributed by atoms with van der Waals surface area (Å²) in [4.78, 5) is 0. The predicted octanol–water partition coefficient (Wildman–Crippen LogP) is 2.56. The van der Waals surface area contributed by atoms with E-state index in [2.05, 4.69) is 19.6 Å². The van der Waals surface area contributed by atoms with E-state index in [-0.39, 0.29) is 0 Å². The summed E-state index contributed by atoms with van der Waals surface area (Å²) in [5.41, 5.74) is 1.78. The summed E-state index contributed by atoms with van der Waals surface area (Å²) in [6.45, 7) is 11.8. The second-order valence-corrected chi connectivity index (χ2v) is 16.6. The summed E-state index contributed by atoms with van der Waals surface area (Å²) in [5.74, 6) is 0. The standard InChI is InChI=1S/C8H20O3SSi2/c1-13(2,3)8-7-12(9,10)11-14(4,5)6/h7-8H,1-6H3. The molecule has 0 aromatic carbocycles. The average Bonchev–Trinajstić information content (AvgIpc) is 1.76. The van der Waals surface area contributed by atoms with Crippen LogP contribution >= 0.6 is 0 Å². The summed E-state index contributed by atoms with van der Waals surface area (Å²) < 4.78 is 27.9. The molecular formula is C8H20O3SSi2. The van der Waals surface area contributed by atoms with Crippen LogP contribution in [-0.2, 0) is 14.0 Å². The number of rotatable bonds is 4. The number of hydrogen-bond acceptors (Lipinski definition) is 3. The Morgan fingerprint density at radius 2 is 1.43 bits per heavy atom. The highest BCUT2D eigenvalue weighted by atomic mass is 32.2. The van der Waals surface area contributed by atoms with Gasteiger partial charge < -0.3 is 3.87 Å². The van der Waals surface area contributed by atoms with Crippen molar-refractivity contribution in [1.29, 1.82) is 0 Å². The van der Waals surface area contributed by atoms with E-state index >= 15 is 0 Å². The van der Waals surface area contributed by atoms with Gasteiger partial charge >= 0.3 is 0 Å². The van der Waals surface area contributed by atoms with Crippen LogP contribution in [0.25, 0.3) is 0 Å². The van der Waals surface area contributed by atoms with Gasteiger partial charge in [0.2, 0.25) is 8.32 Å². The maximum Gasteiger partial charge on any atom is 0.279 e. The summed E-state index contributed by atoms with van der Waals surface area (Å²) in [6, 6.07) is 0. The highest BCUT2D eigenvalue weighted by molar-refractivity contribution is 7.90. The van der Waals surface area contributed by atoms with Gasteiger partial charge in [0.15, 0.2) is 0 Å². The third-order valence-corrected chi connectivity index (χ3v) is 5.91. The van der Waals surface area contributed by atoms with Crippen LogP contribution in [0.15, 0.2) is 11.1 Å². The third-order valence-electron chi connectivity index (χ3n) is 1.10. The van der Waals surface area contributed by atoms with Gasteiger partial charge in [0.1, 0.15) is 0 Å². The SMILES string of the molecule is C[Si](C)(C)C=CS(=O)(=O)O[Si](C)(C)C. The smallest absolute Gasteiger partial charge is 0.279 e. The second kappa shape index (κ2) is 4.30. The molecule has 0 amide bonds. The van der Waals surface area contributed by atoms with Crippen LogP contribution in [0.2, 0.25) is 39.3 Å². The molecule has 0 heterocycles. The first-order chi connectivity index (χ1) is 5.91. The highest BCUT2D eigenvalue weighted by Crippen LogP contribution is 2.11. The lowest BCUT2D eigenvalue weighted by molar-refractivity contribution is 0.496. The summed E-state index contributed by atoms with van der Waals surface area (Å²) >= 11 is 0. The predicted molar refractivity (Wildman–Crippen MR) is 65.8 cm³/mol. The zero-order valence-electron chi connectivity index (χ0n) is 9.79. The molecule has 14 heavy (non-hydrogen) atoms. The van der Waals surface area contributed by atoms with E-state index in [4.69, 9.17) is 3.87 Å². The molecule has 0 N–H and O–H groups in total. The normalized spacial score (nSPS) is 15.0. The van der Waals surface area contributed by atoms with Crippen LogP contribution in [0.5, 0.6) is 0 Å². The van der Waals surface area contributed by atoms with Crippen molar-refractivity contribution in [3.8, 4) is 0 Å². The number of hydrogen-bond donors (Lipinski definition) is 0. The first-order valence-electron chi connectivity index (χ1n) is 4.56. The Kier molecular flexibility index (Phi) is 4.32. The molecule has 0 aromatic heterocycles. The van der Waals surface area contributed by atoms with Crippen molar-refractivity contribution in [2.24, 2.45) is 0 Å². The molecule has 0 saturated heterocycles. The molecule has 0 radical (unpaired) electrons. The molecule has 0 aliphatic carbocycles. The third kappa shape index (κ3) is 8.67. The molecule has 0 atom stereocenters. The highest BCUT2D eigenvalue weighted by Gasteiger charge is 2.22. The van der Waals surface area contributed by atoms with Gasteiger partial charge in [0, 0.05) is 5.41 Å². The molecule has 0 saturated carbocycles. The van der Waals surface area contributed by atoms with Crippen LogP contribution in [0.4, 0.5) is 0 Å². The fourth-order valence-electron chi connectivity index (χ4n) is 0.664. The summed E-state index contributed by atoms with van der Waals surface area (Å²) in [6.07, 6.45) is 0. The first kappa shape index (κ1) is 14.1. The van der Waals surface area contributed by atoms with E-state index in [0.717, 1.165) is 0 Å². The van der Waals surface area contributed by atoms with Crippen molar-refractivity contribution >= 4 is 26.5 Å². The van der Waals surface area contributed by atoms with Gasteiger partial charge in [-0.05, 0) is 19.6 Å². The van der Waals surface area contributed by atoms with Crippen LogP contribution in [-0.4, -0.2) is 24.8 Å².